The van der Waals surface area contributed by atoms with Gasteiger partial charge in [0.2, 0.25) is 5.95 Å². The number of benzene rings is 2. The fraction of sp³-hybridized carbons (Fsp3) is 0.263. The first-order chi connectivity index (χ1) is 11.8. The average molecular weight is 318 g/mol. The van der Waals surface area contributed by atoms with Crippen LogP contribution in [0.2, 0.25) is 0 Å². The lowest BCUT2D eigenvalue weighted by Gasteiger charge is -2.42. The highest BCUT2D eigenvalue weighted by molar-refractivity contribution is 5.46. The number of ether oxygens (including phenoxy) is 1. The van der Waals surface area contributed by atoms with Crippen LogP contribution in [-0.4, -0.2) is 21.4 Å². The Labute approximate surface area is 140 Å². The van der Waals surface area contributed by atoms with Crippen LogP contribution in [-0.2, 0) is 0 Å². The smallest absolute Gasteiger partial charge is 0.222 e. The van der Waals surface area contributed by atoms with Crippen LogP contribution in [0.3, 0.4) is 0 Å². The Kier molecular flexibility index (Phi) is 2.89. The van der Waals surface area contributed by atoms with E-state index in [0.29, 0.717) is 6.61 Å². The molecule has 0 aliphatic carbocycles. The Bertz CT molecular complexity index is 886. The van der Waals surface area contributed by atoms with Crippen LogP contribution < -0.4 is 10.1 Å². The molecule has 1 aromatic heterocycles. The van der Waals surface area contributed by atoms with Gasteiger partial charge in [0.25, 0.3) is 0 Å². The summed E-state index contributed by atoms with van der Waals surface area (Å²) in [6.45, 7) is 2.77. The SMILES string of the molecule is Cc1ccc(C2C3COc4ccccc4C3Nc3ncnn32)cc1. The maximum Gasteiger partial charge on any atom is 0.222 e. The van der Waals surface area contributed by atoms with Gasteiger partial charge in [0.15, 0.2) is 0 Å². The predicted octanol–water partition coefficient (Wildman–Crippen LogP) is 3.35. The molecule has 3 atom stereocenters. The van der Waals surface area contributed by atoms with Gasteiger partial charge in [0.1, 0.15) is 12.1 Å². The summed E-state index contributed by atoms with van der Waals surface area (Å²) < 4.78 is 8.05. The molecule has 5 rings (SSSR count). The van der Waals surface area contributed by atoms with Crippen LogP contribution in [0.15, 0.2) is 54.9 Å². The molecule has 0 amide bonds. The third kappa shape index (κ3) is 1.94. The van der Waals surface area contributed by atoms with Crippen molar-refractivity contribution in [3.8, 4) is 5.75 Å². The summed E-state index contributed by atoms with van der Waals surface area (Å²) in [6, 6.07) is 17.2. The zero-order valence-corrected chi connectivity index (χ0v) is 13.4. The molecule has 5 heteroatoms. The van der Waals surface area contributed by atoms with E-state index in [0.717, 1.165) is 11.7 Å². The molecule has 0 spiro atoms. The summed E-state index contributed by atoms with van der Waals surface area (Å²) in [4.78, 5) is 4.41. The molecule has 0 radical (unpaired) electrons. The largest absolute Gasteiger partial charge is 0.493 e. The number of para-hydroxylation sites is 1. The molecule has 2 aromatic carbocycles. The maximum atomic E-state index is 6.06. The lowest BCUT2D eigenvalue weighted by Crippen LogP contribution is -2.42. The molecule has 5 nitrogen and oxygen atoms in total. The van der Waals surface area contributed by atoms with Crippen molar-refractivity contribution in [2.45, 2.75) is 19.0 Å². The number of aromatic nitrogens is 3. The lowest BCUT2D eigenvalue weighted by atomic mass is 9.81. The van der Waals surface area contributed by atoms with E-state index in [4.69, 9.17) is 4.74 Å². The Balaban J connectivity index is 1.66. The highest BCUT2D eigenvalue weighted by atomic mass is 16.5. The van der Waals surface area contributed by atoms with Crippen LogP contribution in [0.4, 0.5) is 5.95 Å². The van der Waals surface area contributed by atoms with Crippen molar-refractivity contribution >= 4 is 5.95 Å². The minimum Gasteiger partial charge on any atom is -0.493 e. The number of aryl methyl sites for hydroxylation is 1. The van der Waals surface area contributed by atoms with Gasteiger partial charge < -0.3 is 10.1 Å². The Hall–Kier alpha value is -2.82. The predicted molar refractivity (Wildman–Crippen MR) is 91.1 cm³/mol. The van der Waals surface area contributed by atoms with E-state index in [1.165, 1.54) is 16.7 Å². The molecule has 3 aromatic rings. The van der Waals surface area contributed by atoms with Gasteiger partial charge in [0, 0.05) is 11.5 Å². The summed E-state index contributed by atoms with van der Waals surface area (Å²) in [5, 5.41) is 8.03. The lowest BCUT2D eigenvalue weighted by molar-refractivity contribution is 0.151. The Morgan fingerprint density at radius 1 is 1.12 bits per heavy atom. The van der Waals surface area contributed by atoms with E-state index in [-0.39, 0.29) is 18.0 Å². The van der Waals surface area contributed by atoms with E-state index < -0.39 is 0 Å². The monoisotopic (exact) mass is 318 g/mol. The number of anilines is 1. The van der Waals surface area contributed by atoms with Crippen molar-refractivity contribution in [2.75, 3.05) is 11.9 Å². The number of nitrogens with zero attached hydrogens (tertiary/aromatic N) is 3. The van der Waals surface area contributed by atoms with Gasteiger partial charge in [-0.1, -0.05) is 48.0 Å². The molecule has 2 aliphatic rings. The molecule has 3 unspecified atom stereocenters. The van der Waals surface area contributed by atoms with E-state index >= 15 is 0 Å². The van der Waals surface area contributed by atoms with Crippen molar-refractivity contribution in [3.05, 3.63) is 71.5 Å². The number of hydrogen-bond donors (Lipinski definition) is 1. The van der Waals surface area contributed by atoms with Gasteiger partial charge in [-0.3, -0.25) is 0 Å². The first kappa shape index (κ1) is 13.6. The van der Waals surface area contributed by atoms with Crippen molar-refractivity contribution in [2.24, 2.45) is 5.92 Å². The van der Waals surface area contributed by atoms with E-state index in [1.54, 1.807) is 6.33 Å². The second-order valence-corrected chi connectivity index (χ2v) is 6.52. The van der Waals surface area contributed by atoms with Crippen molar-refractivity contribution in [3.63, 3.8) is 0 Å². The number of rotatable bonds is 1. The number of fused-ring (bicyclic) bond motifs is 4. The Morgan fingerprint density at radius 3 is 2.83 bits per heavy atom. The van der Waals surface area contributed by atoms with E-state index in [9.17, 15) is 0 Å². The van der Waals surface area contributed by atoms with Gasteiger partial charge in [-0.15, -0.1) is 0 Å². The van der Waals surface area contributed by atoms with Gasteiger partial charge >= 0.3 is 0 Å². The molecule has 0 bridgehead atoms. The normalized spacial score (nSPS) is 24.1. The standard InChI is InChI=1S/C19H18N4O/c1-12-6-8-13(9-7-12)18-15-10-24-16-5-3-2-4-14(16)17(15)22-19-20-11-21-23(18)19/h2-9,11,15,17-18H,10H2,1H3,(H,20,21,22). The summed E-state index contributed by atoms with van der Waals surface area (Å²) in [5.41, 5.74) is 3.69. The van der Waals surface area contributed by atoms with Crippen molar-refractivity contribution < 1.29 is 4.74 Å². The summed E-state index contributed by atoms with van der Waals surface area (Å²) in [5.74, 6) is 2.04. The third-order valence-corrected chi connectivity index (χ3v) is 5.06. The fourth-order valence-electron chi connectivity index (χ4n) is 3.87. The molecular formula is C19H18N4O. The molecule has 1 N–H and O–H groups in total. The molecule has 0 fully saturated rings. The molecule has 0 saturated carbocycles. The van der Waals surface area contributed by atoms with Gasteiger partial charge in [-0.05, 0) is 18.6 Å². The molecule has 3 heterocycles. The van der Waals surface area contributed by atoms with Crippen LogP contribution in [0.1, 0.15) is 28.8 Å². The topological polar surface area (TPSA) is 52.0 Å². The quantitative estimate of drug-likeness (QED) is 0.747. The first-order valence-electron chi connectivity index (χ1n) is 8.25. The second-order valence-electron chi connectivity index (χ2n) is 6.52. The summed E-state index contributed by atoms with van der Waals surface area (Å²) in [6.07, 6.45) is 1.62. The molecule has 2 aliphatic heterocycles. The zero-order valence-electron chi connectivity index (χ0n) is 13.4. The highest BCUT2D eigenvalue weighted by Gasteiger charge is 2.43. The maximum absolute atomic E-state index is 6.06. The van der Waals surface area contributed by atoms with Gasteiger partial charge in [-0.2, -0.15) is 10.1 Å². The molecule has 24 heavy (non-hydrogen) atoms. The van der Waals surface area contributed by atoms with Crippen molar-refractivity contribution in [1.29, 1.82) is 0 Å². The first-order valence-corrected chi connectivity index (χ1v) is 8.25. The molecule has 0 saturated heterocycles. The highest BCUT2D eigenvalue weighted by Crippen LogP contribution is 2.47. The Morgan fingerprint density at radius 2 is 1.96 bits per heavy atom. The zero-order chi connectivity index (χ0) is 16.1. The number of hydrogen-bond acceptors (Lipinski definition) is 4. The third-order valence-electron chi connectivity index (χ3n) is 5.06. The molecule has 120 valence electrons. The van der Waals surface area contributed by atoms with Gasteiger partial charge in [0.05, 0.1) is 18.7 Å². The summed E-state index contributed by atoms with van der Waals surface area (Å²) in [7, 11) is 0. The second kappa shape index (κ2) is 5.09. The summed E-state index contributed by atoms with van der Waals surface area (Å²) >= 11 is 0. The molecular weight excluding hydrogens is 300 g/mol. The van der Waals surface area contributed by atoms with Gasteiger partial charge in [-0.25, -0.2) is 4.68 Å². The fourth-order valence-corrected chi connectivity index (χ4v) is 3.87. The van der Waals surface area contributed by atoms with E-state index in [2.05, 4.69) is 58.7 Å². The minimum absolute atomic E-state index is 0.114. The minimum atomic E-state index is 0.114. The van der Waals surface area contributed by atoms with E-state index in [1.807, 2.05) is 16.8 Å². The van der Waals surface area contributed by atoms with Crippen molar-refractivity contribution in [1.82, 2.24) is 14.8 Å². The van der Waals surface area contributed by atoms with Crippen LogP contribution in [0.25, 0.3) is 0 Å². The average Bonchev–Trinajstić information content (AvgIpc) is 3.09. The van der Waals surface area contributed by atoms with Crippen LogP contribution >= 0.6 is 0 Å². The number of nitrogens with one attached hydrogen (secondary N) is 1. The van der Waals surface area contributed by atoms with Crippen LogP contribution in [0.5, 0.6) is 5.75 Å². The van der Waals surface area contributed by atoms with Crippen LogP contribution in [0, 0.1) is 12.8 Å².